The van der Waals surface area contributed by atoms with Gasteiger partial charge in [0.15, 0.2) is 0 Å². The lowest BCUT2D eigenvalue weighted by Crippen LogP contribution is -2.32. The van der Waals surface area contributed by atoms with Gasteiger partial charge >= 0.3 is 0 Å². The van der Waals surface area contributed by atoms with E-state index in [1.807, 2.05) is 0 Å². The first-order valence-electron chi connectivity index (χ1n) is 9.64. The summed E-state index contributed by atoms with van der Waals surface area (Å²) < 4.78 is 5.25. The van der Waals surface area contributed by atoms with Crippen molar-refractivity contribution in [2.75, 3.05) is 22.6 Å². The van der Waals surface area contributed by atoms with E-state index in [0.717, 1.165) is 4.90 Å². The first-order chi connectivity index (χ1) is 15.5. The van der Waals surface area contributed by atoms with Gasteiger partial charge in [-0.15, -0.1) is 0 Å². The number of carbonyl (C=O) groups is 3. The Balaban J connectivity index is 1.54. The Kier molecular flexibility index (Phi) is 5.91. The fourth-order valence-electron chi connectivity index (χ4n) is 3.25. The predicted molar refractivity (Wildman–Crippen MR) is 123 cm³/mol. The van der Waals surface area contributed by atoms with Crippen LogP contribution in [0.3, 0.4) is 0 Å². The lowest BCUT2D eigenvalue weighted by Gasteiger charge is -2.15. The lowest BCUT2D eigenvalue weighted by atomic mass is 10.1. The summed E-state index contributed by atoms with van der Waals surface area (Å²) >= 11 is 6.17. The average molecular weight is 448 g/mol. The minimum atomic E-state index is -0.615. The smallest absolute Gasteiger partial charge is 0.283 e. The summed E-state index contributed by atoms with van der Waals surface area (Å²) in [5.41, 5.74) is 1.67. The molecule has 7 nitrogen and oxygen atoms in total. The van der Waals surface area contributed by atoms with E-state index in [2.05, 4.69) is 10.6 Å². The average Bonchev–Trinajstić information content (AvgIpc) is 3.03. The van der Waals surface area contributed by atoms with Gasteiger partial charge in [0.1, 0.15) is 16.5 Å². The largest absolute Gasteiger partial charge is 0.495 e. The van der Waals surface area contributed by atoms with Gasteiger partial charge in [0.05, 0.1) is 18.5 Å². The van der Waals surface area contributed by atoms with E-state index in [-0.39, 0.29) is 16.6 Å². The summed E-state index contributed by atoms with van der Waals surface area (Å²) in [6.07, 6.45) is 0. The molecule has 0 aliphatic carbocycles. The van der Waals surface area contributed by atoms with E-state index in [4.69, 9.17) is 16.3 Å². The molecule has 160 valence electrons. The van der Waals surface area contributed by atoms with Gasteiger partial charge < -0.3 is 15.4 Å². The first kappa shape index (κ1) is 21.1. The quantitative estimate of drug-likeness (QED) is 0.547. The standard InChI is InChI=1S/C24H18ClN3O4/c1-32-19-13-6-5-12-18(19)27-22(29)15-8-7-9-16(14-15)26-21-20(25)23(30)28(24(21)31)17-10-3-2-4-11-17/h2-14,26H,1H3,(H,27,29). The van der Waals surface area contributed by atoms with Crippen LogP contribution in [0.2, 0.25) is 0 Å². The number of carbonyl (C=O) groups excluding carboxylic acids is 3. The molecule has 2 N–H and O–H groups in total. The number of nitrogens with one attached hydrogen (secondary N) is 2. The molecule has 0 saturated heterocycles. The maximum atomic E-state index is 12.9. The van der Waals surface area contributed by atoms with Gasteiger partial charge in [0, 0.05) is 11.3 Å². The molecule has 32 heavy (non-hydrogen) atoms. The number of amides is 3. The fraction of sp³-hybridized carbons (Fsp3) is 0.0417. The number of halogens is 1. The number of hydrogen-bond acceptors (Lipinski definition) is 5. The molecule has 4 rings (SSSR count). The van der Waals surface area contributed by atoms with Crippen molar-refractivity contribution >= 4 is 46.4 Å². The molecule has 0 fully saturated rings. The molecule has 0 aromatic heterocycles. The number of hydrogen-bond donors (Lipinski definition) is 2. The zero-order valence-corrected chi connectivity index (χ0v) is 17.7. The third-order valence-electron chi connectivity index (χ3n) is 4.79. The van der Waals surface area contributed by atoms with Crippen molar-refractivity contribution in [1.82, 2.24) is 0 Å². The van der Waals surface area contributed by atoms with Crippen molar-refractivity contribution in [2.45, 2.75) is 0 Å². The van der Waals surface area contributed by atoms with Crippen molar-refractivity contribution in [3.63, 3.8) is 0 Å². The van der Waals surface area contributed by atoms with Gasteiger partial charge in [-0.25, -0.2) is 4.90 Å². The minimum Gasteiger partial charge on any atom is -0.495 e. The van der Waals surface area contributed by atoms with Gasteiger partial charge in [-0.1, -0.05) is 48.0 Å². The summed E-state index contributed by atoms with van der Waals surface area (Å²) in [6, 6.07) is 22.1. The Bertz CT molecular complexity index is 1240. The topological polar surface area (TPSA) is 87.7 Å². The molecule has 3 amide bonds. The van der Waals surface area contributed by atoms with E-state index in [9.17, 15) is 14.4 Å². The Hall–Kier alpha value is -4.10. The number of para-hydroxylation sites is 3. The van der Waals surface area contributed by atoms with Crippen LogP contribution < -0.4 is 20.3 Å². The molecule has 0 bridgehead atoms. The third kappa shape index (κ3) is 4.06. The second kappa shape index (κ2) is 8.95. The highest BCUT2D eigenvalue weighted by Gasteiger charge is 2.38. The summed E-state index contributed by atoms with van der Waals surface area (Å²) in [6.45, 7) is 0. The highest BCUT2D eigenvalue weighted by atomic mass is 35.5. The van der Waals surface area contributed by atoms with Crippen LogP contribution in [-0.4, -0.2) is 24.8 Å². The number of methoxy groups -OCH3 is 1. The molecular weight excluding hydrogens is 430 g/mol. The van der Waals surface area contributed by atoms with E-state index >= 15 is 0 Å². The van der Waals surface area contributed by atoms with Crippen molar-refractivity contribution in [3.05, 3.63) is 95.2 Å². The van der Waals surface area contributed by atoms with Crippen LogP contribution in [0.15, 0.2) is 89.6 Å². The molecule has 1 aliphatic heterocycles. The van der Waals surface area contributed by atoms with Crippen LogP contribution in [0.5, 0.6) is 5.75 Å². The number of nitrogens with zero attached hydrogens (tertiary/aromatic N) is 1. The first-order valence-corrected chi connectivity index (χ1v) is 10.0. The van der Waals surface area contributed by atoms with Gasteiger partial charge in [-0.05, 0) is 42.5 Å². The van der Waals surface area contributed by atoms with Gasteiger partial charge in [0.25, 0.3) is 17.7 Å². The molecule has 8 heteroatoms. The molecular formula is C24H18ClN3O4. The number of benzene rings is 3. The highest BCUT2D eigenvalue weighted by molar-refractivity contribution is 6.53. The Morgan fingerprint density at radius 2 is 1.62 bits per heavy atom. The Morgan fingerprint density at radius 1 is 0.906 bits per heavy atom. The zero-order chi connectivity index (χ0) is 22.7. The van der Waals surface area contributed by atoms with Gasteiger partial charge in [0.2, 0.25) is 0 Å². The van der Waals surface area contributed by atoms with Gasteiger partial charge in [-0.2, -0.15) is 0 Å². The maximum Gasteiger partial charge on any atom is 0.283 e. The highest BCUT2D eigenvalue weighted by Crippen LogP contribution is 2.30. The molecule has 0 spiro atoms. The van der Waals surface area contributed by atoms with Crippen LogP contribution in [0.25, 0.3) is 0 Å². The summed E-state index contributed by atoms with van der Waals surface area (Å²) in [4.78, 5) is 39.2. The number of rotatable bonds is 6. The molecule has 0 radical (unpaired) electrons. The third-order valence-corrected chi connectivity index (χ3v) is 5.14. The molecule has 0 atom stereocenters. The Labute approximate surface area is 189 Å². The SMILES string of the molecule is COc1ccccc1NC(=O)c1cccc(NC2=C(Cl)C(=O)N(c3ccccc3)C2=O)c1. The molecule has 1 aliphatic rings. The van der Waals surface area contributed by atoms with Crippen LogP contribution in [0.1, 0.15) is 10.4 Å². The number of imide groups is 1. The van der Waals surface area contributed by atoms with Crippen LogP contribution >= 0.6 is 11.6 Å². The van der Waals surface area contributed by atoms with Crippen LogP contribution in [0, 0.1) is 0 Å². The van der Waals surface area contributed by atoms with Crippen molar-refractivity contribution < 1.29 is 19.1 Å². The molecule has 3 aromatic rings. The predicted octanol–water partition coefficient (Wildman–Crippen LogP) is 4.38. The normalized spacial score (nSPS) is 13.4. The lowest BCUT2D eigenvalue weighted by molar-refractivity contribution is -0.120. The van der Waals surface area contributed by atoms with E-state index < -0.39 is 11.8 Å². The monoisotopic (exact) mass is 447 g/mol. The number of anilines is 3. The summed E-state index contributed by atoms with van der Waals surface area (Å²) in [5, 5.41) is 5.46. The molecule has 0 saturated carbocycles. The Morgan fingerprint density at radius 3 is 2.38 bits per heavy atom. The van der Waals surface area contributed by atoms with Crippen molar-refractivity contribution in [2.24, 2.45) is 0 Å². The second-order valence-corrected chi connectivity index (χ2v) is 7.21. The van der Waals surface area contributed by atoms with Gasteiger partial charge in [-0.3, -0.25) is 14.4 Å². The van der Waals surface area contributed by atoms with Crippen LogP contribution in [-0.2, 0) is 9.59 Å². The van der Waals surface area contributed by atoms with E-state index in [1.165, 1.54) is 7.11 Å². The number of ether oxygens (including phenoxy) is 1. The maximum absolute atomic E-state index is 12.9. The minimum absolute atomic E-state index is 0.0530. The van der Waals surface area contributed by atoms with E-state index in [1.54, 1.807) is 78.9 Å². The van der Waals surface area contributed by atoms with Crippen LogP contribution in [0.4, 0.5) is 17.1 Å². The van der Waals surface area contributed by atoms with Crippen molar-refractivity contribution in [1.29, 1.82) is 0 Å². The second-order valence-electron chi connectivity index (χ2n) is 6.83. The van der Waals surface area contributed by atoms with E-state index in [0.29, 0.717) is 28.4 Å². The summed E-state index contributed by atoms with van der Waals surface area (Å²) in [5.74, 6) is -1.02. The molecule has 1 heterocycles. The molecule has 3 aromatic carbocycles. The van der Waals surface area contributed by atoms with Crippen molar-refractivity contribution in [3.8, 4) is 5.75 Å². The zero-order valence-electron chi connectivity index (χ0n) is 17.0. The fourth-order valence-corrected chi connectivity index (χ4v) is 3.46. The summed E-state index contributed by atoms with van der Waals surface area (Å²) in [7, 11) is 1.52. The molecule has 0 unspecified atom stereocenters.